The maximum atomic E-state index is 13.3. The van der Waals surface area contributed by atoms with E-state index >= 15 is 0 Å². The third-order valence-corrected chi connectivity index (χ3v) is 11.2. The van der Waals surface area contributed by atoms with Crippen LogP contribution in [-0.2, 0) is 46.7 Å². The second kappa shape index (κ2) is 17.2. The van der Waals surface area contributed by atoms with Gasteiger partial charge in [0.15, 0.2) is 21.7 Å². The Balaban J connectivity index is 1.31. The summed E-state index contributed by atoms with van der Waals surface area (Å²) in [6, 6.07) is 16.8. The van der Waals surface area contributed by atoms with E-state index in [2.05, 4.69) is 15.6 Å². The van der Waals surface area contributed by atoms with Gasteiger partial charge in [0.1, 0.15) is 11.2 Å². The molecule has 308 valence electrons. The van der Waals surface area contributed by atoms with Gasteiger partial charge in [0.25, 0.3) is 0 Å². The number of carbonyl (C=O) groups is 5. The molecule has 3 N–H and O–H groups in total. The number of aromatic nitrogens is 1. The standard InChI is InChI=1S/C42H49N5O10S/c1-41(2,3)56-39(52)47(40(53)57-42(4,5)6)37-33-16-12-31(22-27(33)19-20-43-37)45-36(38(50)51)28-10-8-9-26(21-28)11-18-35(49)44-30-13-17-34(58(54,55)32-14-15-32)29(23-30)24-46(7)25-48/h8-10,12-13,16-17,19-23,25,32,36,45H,11,14-15,18,24H2,1-7H3,(H,44,49)(H,50,51). The van der Waals surface area contributed by atoms with Crippen molar-refractivity contribution < 1.29 is 47.0 Å². The average Bonchev–Trinajstić information content (AvgIpc) is 3.98. The predicted octanol–water partition coefficient (Wildman–Crippen LogP) is 7.24. The quantitative estimate of drug-likeness (QED) is 0.108. The van der Waals surface area contributed by atoms with E-state index in [4.69, 9.17) is 9.47 Å². The molecule has 58 heavy (non-hydrogen) atoms. The van der Waals surface area contributed by atoms with E-state index < -0.39 is 50.5 Å². The number of ether oxygens (including phenoxy) is 2. The number of hydrogen-bond acceptors (Lipinski definition) is 11. The zero-order valence-corrected chi connectivity index (χ0v) is 34.4. The van der Waals surface area contributed by atoms with E-state index in [0.29, 0.717) is 58.1 Å². The lowest BCUT2D eigenvalue weighted by molar-refractivity contribution is -0.138. The lowest BCUT2D eigenvalue weighted by Crippen LogP contribution is -2.44. The summed E-state index contributed by atoms with van der Waals surface area (Å²) in [5.41, 5.74) is 0.511. The highest BCUT2D eigenvalue weighted by Gasteiger charge is 2.38. The number of hydrogen-bond donors (Lipinski definition) is 3. The molecule has 15 nitrogen and oxygen atoms in total. The van der Waals surface area contributed by atoms with Crippen molar-refractivity contribution in [3.8, 4) is 0 Å². The van der Waals surface area contributed by atoms with E-state index in [1.807, 2.05) is 0 Å². The van der Waals surface area contributed by atoms with Crippen molar-refractivity contribution in [2.75, 3.05) is 22.6 Å². The van der Waals surface area contributed by atoms with Crippen LogP contribution in [0.3, 0.4) is 0 Å². The predicted molar refractivity (Wildman–Crippen MR) is 218 cm³/mol. The third kappa shape index (κ3) is 11.1. The van der Waals surface area contributed by atoms with E-state index in [0.717, 1.165) is 4.90 Å². The highest BCUT2D eigenvalue weighted by atomic mass is 32.2. The average molecular weight is 816 g/mol. The number of carbonyl (C=O) groups excluding carboxylic acids is 4. The van der Waals surface area contributed by atoms with Gasteiger partial charge in [-0.25, -0.2) is 27.8 Å². The first kappa shape index (κ1) is 43.1. The lowest BCUT2D eigenvalue weighted by Gasteiger charge is -2.28. The number of anilines is 3. The smallest absolute Gasteiger partial charge is 0.425 e. The van der Waals surface area contributed by atoms with Crippen LogP contribution >= 0.6 is 0 Å². The van der Waals surface area contributed by atoms with Crippen LogP contribution in [0.2, 0.25) is 0 Å². The van der Waals surface area contributed by atoms with Gasteiger partial charge in [0.05, 0.1) is 10.1 Å². The number of aryl methyl sites for hydroxylation is 1. The van der Waals surface area contributed by atoms with Crippen molar-refractivity contribution in [2.45, 2.75) is 101 Å². The van der Waals surface area contributed by atoms with Gasteiger partial charge in [-0.15, -0.1) is 0 Å². The Morgan fingerprint density at radius 1 is 0.914 bits per heavy atom. The fourth-order valence-corrected chi connectivity index (χ4v) is 7.94. The molecule has 1 heterocycles. The van der Waals surface area contributed by atoms with Gasteiger partial charge < -0.3 is 30.1 Å². The molecule has 1 aliphatic carbocycles. The van der Waals surface area contributed by atoms with Crippen LogP contribution in [0.1, 0.15) is 83.5 Å². The molecule has 16 heteroatoms. The maximum Gasteiger partial charge on any atom is 0.425 e. The Kier molecular flexibility index (Phi) is 12.8. The number of aliphatic carboxylic acids is 1. The largest absolute Gasteiger partial charge is 0.479 e. The van der Waals surface area contributed by atoms with E-state index in [1.54, 1.807) is 96.1 Å². The molecule has 4 aromatic rings. The normalized spacial score (nSPS) is 13.6. The first-order valence-electron chi connectivity index (χ1n) is 18.7. The summed E-state index contributed by atoms with van der Waals surface area (Å²) >= 11 is 0. The number of pyridine rings is 1. The molecule has 3 aromatic carbocycles. The van der Waals surface area contributed by atoms with Gasteiger partial charge >= 0.3 is 18.2 Å². The number of nitrogens with zero attached hydrogens (tertiary/aromatic N) is 3. The summed E-state index contributed by atoms with van der Waals surface area (Å²) in [7, 11) is -2.01. The molecule has 0 spiro atoms. The van der Waals surface area contributed by atoms with Gasteiger partial charge in [0, 0.05) is 43.0 Å². The molecule has 1 atom stereocenters. The third-order valence-electron chi connectivity index (χ3n) is 8.80. The van der Waals surface area contributed by atoms with Gasteiger partial charge in [-0.05, 0) is 125 Å². The Bertz CT molecular complexity index is 2300. The van der Waals surface area contributed by atoms with Crippen molar-refractivity contribution in [1.29, 1.82) is 0 Å². The molecule has 0 radical (unpaired) electrons. The van der Waals surface area contributed by atoms with Crippen molar-refractivity contribution in [2.24, 2.45) is 0 Å². The number of imide groups is 1. The summed E-state index contributed by atoms with van der Waals surface area (Å²) in [5, 5.41) is 16.7. The molecule has 1 saturated carbocycles. The van der Waals surface area contributed by atoms with Crippen LogP contribution in [0.25, 0.3) is 10.8 Å². The summed E-state index contributed by atoms with van der Waals surface area (Å²) in [5.74, 6) is -1.52. The number of nitrogens with one attached hydrogen (secondary N) is 2. The molecule has 0 aliphatic heterocycles. The maximum absolute atomic E-state index is 13.3. The molecule has 1 aliphatic rings. The Morgan fingerprint density at radius 2 is 1.57 bits per heavy atom. The molecule has 1 unspecified atom stereocenters. The summed E-state index contributed by atoms with van der Waals surface area (Å²) in [6.45, 7) is 10.1. The highest BCUT2D eigenvalue weighted by Crippen LogP contribution is 2.36. The van der Waals surface area contributed by atoms with Gasteiger partial charge in [-0.2, -0.15) is 4.90 Å². The second-order valence-electron chi connectivity index (χ2n) is 16.2. The highest BCUT2D eigenvalue weighted by molar-refractivity contribution is 7.92. The fraction of sp³-hybridized carbons (Fsp3) is 0.381. The van der Waals surface area contributed by atoms with E-state index in [9.17, 15) is 37.5 Å². The number of benzene rings is 3. The SMILES string of the molecule is CN(C=O)Cc1cc(NC(=O)CCc2cccc(C(Nc3ccc4c(N(C(=O)OC(C)(C)C)C(=O)OC(C)(C)C)nccc4c3)C(=O)O)c2)ccc1S(=O)(=O)C1CC1. The first-order valence-corrected chi connectivity index (χ1v) is 20.2. The Hall–Kier alpha value is -6.03. The molecule has 5 rings (SSSR count). The monoisotopic (exact) mass is 815 g/mol. The van der Waals surface area contributed by atoms with E-state index in [-0.39, 0.29) is 36.0 Å². The van der Waals surface area contributed by atoms with Crippen LogP contribution in [0.5, 0.6) is 0 Å². The zero-order chi connectivity index (χ0) is 42.6. The fourth-order valence-electron chi connectivity index (χ4n) is 6.08. The first-order chi connectivity index (χ1) is 27.1. The number of sulfone groups is 1. The summed E-state index contributed by atoms with van der Waals surface area (Å²) in [4.78, 5) is 70.1. The number of amides is 4. The van der Waals surface area contributed by atoms with Gasteiger partial charge in [-0.1, -0.05) is 24.3 Å². The summed E-state index contributed by atoms with van der Waals surface area (Å²) in [6.07, 6.45) is 1.57. The van der Waals surface area contributed by atoms with Crippen molar-refractivity contribution in [1.82, 2.24) is 9.88 Å². The lowest BCUT2D eigenvalue weighted by atomic mass is 10.0. The topological polar surface area (TPSA) is 202 Å². The van der Waals surface area contributed by atoms with Gasteiger partial charge in [0.2, 0.25) is 12.3 Å². The minimum atomic E-state index is -3.55. The van der Waals surface area contributed by atoms with Crippen LogP contribution in [0, 0.1) is 0 Å². The Morgan fingerprint density at radius 3 is 2.17 bits per heavy atom. The van der Waals surface area contributed by atoms with Gasteiger partial charge in [-0.3, -0.25) is 9.59 Å². The summed E-state index contributed by atoms with van der Waals surface area (Å²) < 4.78 is 37.1. The Labute approximate surface area is 337 Å². The van der Waals surface area contributed by atoms with Crippen LogP contribution in [-0.4, -0.2) is 77.4 Å². The van der Waals surface area contributed by atoms with Crippen LogP contribution < -0.4 is 15.5 Å². The molecule has 4 amide bonds. The zero-order valence-electron chi connectivity index (χ0n) is 33.6. The molecule has 0 saturated heterocycles. The minimum Gasteiger partial charge on any atom is -0.479 e. The molecule has 1 aromatic heterocycles. The molecular weight excluding hydrogens is 767 g/mol. The molecule has 0 bridgehead atoms. The number of carboxylic acids is 1. The second-order valence-corrected chi connectivity index (χ2v) is 18.4. The van der Waals surface area contributed by atoms with Crippen molar-refractivity contribution >= 4 is 68.3 Å². The van der Waals surface area contributed by atoms with E-state index in [1.165, 1.54) is 30.3 Å². The molecular formula is C42H49N5O10S. The number of fused-ring (bicyclic) bond motifs is 1. The number of carboxylic acid groups (broad SMARTS) is 1. The molecule has 1 fully saturated rings. The van der Waals surface area contributed by atoms with Crippen LogP contribution in [0.15, 0.2) is 77.8 Å². The van der Waals surface area contributed by atoms with Crippen molar-refractivity contribution in [3.05, 3.63) is 89.6 Å². The minimum absolute atomic E-state index is 0.0245. The van der Waals surface area contributed by atoms with Crippen LogP contribution in [0.4, 0.5) is 26.8 Å². The number of rotatable bonds is 14. The van der Waals surface area contributed by atoms with Crippen molar-refractivity contribution in [3.63, 3.8) is 0 Å².